The number of methoxy groups -OCH3 is 1. The van der Waals surface area contributed by atoms with Gasteiger partial charge in [-0.15, -0.1) is 5.54 Å². The zero-order valence-electron chi connectivity index (χ0n) is 32.7. The van der Waals surface area contributed by atoms with Gasteiger partial charge in [-0.25, -0.2) is 9.59 Å². The van der Waals surface area contributed by atoms with E-state index in [0.29, 0.717) is 22.3 Å². The van der Waals surface area contributed by atoms with Crippen LogP contribution in [0.5, 0.6) is 0 Å². The number of amides is 3. The van der Waals surface area contributed by atoms with Crippen molar-refractivity contribution >= 4 is 42.9 Å². The number of alkyl carbamates (subject to hydrolysis) is 1. The zero-order valence-corrected chi connectivity index (χ0v) is 33.7. The van der Waals surface area contributed by atoms with Crippen LogP contribution in [0.2, 0.25) is 16.6 Å². The molecule has 10 nitrogen and oxygen atoms in total. The van der Waals surface area contributed by atoms with Gasteiger partial charge in [-0.2, -0.15) is 0 Å². The molecule has 0 fully saturated rings. The van der Waals surface area contributed by atoms with Crippen LogP contribution in [0, 0.1) is 23.3 Å². The second kappa shape index (κ2) is 18.8. The molecular formula is C41H58N4O6Si. The number of carbonyl (C=O) groups excluding carboxylic acids is 4. The Balaban J connectivity index is 2.06. The smallest absolute Gasteiger partial charge is 0.408 e. The molecule has 3 aromatic rings. The van der Waals surface area contributed by atoms with E-state index in [1.807, 2.05) is 54.6 Å². The Kier molecular flexibility index (Phi) is 15.1. The molecule has 3 amide bonds. The highest BCUT2D eigenvalue weighted by molar-refractivity contribution is 6.90. The first-order valence-corrected chi connectivity index (χ1v) is 20.5. The van der Waals surface area contributed by atoms with Crippen LogP contribution < -0.4 is 16.0 Å². The highest BCUT2D eigenvalue weighted by Gasteiger charge is 2.42. The maximum Gasteiger partial charge on any atom is 0.408 e. The number of fused-ring (bicyclic) bond motifs is 1. The molecule has 3 atom stereocenters. The third-order valence-electron chi connectivity index (χ3n) is 9.98. The lowest BCUT2D eigenvalue weighted by atomic mass is 9.98. The summed E-state index contributed by atoms with van der Waals surface area (Å²) in [6.07, 6.45) is -0.688. The van der Waals surface area contributed by atoms with E-state index in [1.165, 1.54) is 7.11 Å². The topological polar surface area (TPSA) is 139 Å². The number of para-hydroxylation sites is 1. The number of hydrogen-bond donors (Lipinski definition) is 4. The van der Waals surface area contributed by atoms with Crippen molar-refractivity contribution in [2.24, 2.45) is 11.8 Å². The molecule has 11 heteroatoms. The third-order valence-corrected chi connectivity index (χ3v) is 16.3. The maximum absolute atomic E-state index is 14.2. The second-order valence-corrected chi connectivity index (χ2v) is 20.7. The van der Waals surface area contributed by atoms with Crippen molar-refractivity contribution in [2.75, 3.05) is 7.11 Å². The van der Waals surface area contributed by atoms with Gasteiger partial charge in [0.05, 0.1) is 12.8 Å². The van der Waals surface area contributed by atoms with E-state index >= 15 is 0 Å². The van der Waals surface area contributed by atoms with E-state index in [2.05, 4.69) is 73.9 Å². The number of rotatable bonds is 15. The van der Waals surface area contributed by atoms with Crippen molar-refractivity contribution in [3.8, 4) is 11.5 Å². The fraction of sp³-hybridized carbons (Fsp3) is 0.512. The number of carbonyl (C=O) groups is 4. The predicted octanol–water partition coefficient (Wildman–Crippen LogP) is 7.03. The van der Waals surface area contributed by atoms with Crippen molar-refractivity contribution < 1.29 is 28.7 Å². The van der Waals surface area contributed by atoms with E-state index in [1.54, 1.807) is 27.7 Å². The van der Waals surface area contributed by atoms with E-state index in [-0.39, 0.29) is 24.9 Å². The molecule has 52 heavy (non-hydrogen) atoms. The average molecular weight is 731 g/mol. The summed E-state index contributed by atoms with van der Waals surface area (Å²) in [5.41, 5.74) is 8.15. The van der Waals surface area contributed by atoms with Gasteiger partial charge in [0.1, 0.15) is 32.8 Å². The summed E-state index contributed by atoms with van der Waals surface area (Å²) in [4.78, 5) is 57.2. The molecule has 4 N–H and O–H groups in total. The lowest BCUT2D eigenvalue weighted by Crippen LogP contribution is -2.58. The number of benzene rings is 2. The average Bonchev–Trinajstić information content (AvgIpc) is 3.44. The number of H-pyrrole nitrogens is 1. The van der Waals surface area contributed by atoms with E-state index in [4.69, 9.17) is 9.47 Å². The van der Waals surface area contributed by atoms with Crippen LogP contribution in [0.15, 0.2) is 54.6 Å². The Morgan fingerprint density at radius 1 is 0.731 bits per heavy atom. The van der Waals surface area contributed by atoms with Gasteiger partial charge >= 0.3 is 12.1 Å². The van der Waals surface area contributed by atoms with Crippen molar-refractivity contribution in [3.05, 3.63) is 71.4 Å². The Hall–Kier alpha value is -4.56. The minimum absolute atomic E-state index is 0.0349. The van der Waals surface area contributed by atoms with Crippen LogP contribution in [-0.4, -0.2) is 62.2 Å². The van der Waals surface area contributed by atoms with Crippen molar-refractivity contribution in [1.82, 2.24) is 20.9 Å². The predicted molar refractivity (Wildman–Crippen MR) is 209 cm³/mol. The van der Waals surface area contributed by atoms with E-state index in [0.717, 1.165) is 22.0 Å². The van der Waals surface area contributed by atoms with Gasteiger partial charge in [-0.05, 0) is 45.7 Å². The Labute approximate surface area is 310 Å². The van der Waals surface area contributed by atoms with Gasteiger partial charge in [-0.3, -0.25) is 9.59 Å². The molecule has 0 aliphatic heterocycles. The Morgan fingerprint density at radius 2 is 1.31 bits per heavy atom. The third kappa shape index (κ3) is 10.3. The summed E-state index contributed by atoms with van der Waals surface area (Å²) >= 11 is 0. The van der Waals surface area contributed by atoms with Crippen LogP contribution in [0.4, 0.5) is 4.79 Å². The van der Waals surface area contributed by atoms with Gasteiger partial charge in [0, 0.05) is 17.3 Å². The van der Waals surface area contributed by atoms with E-state index in [9.17, 15) is 19.2 Å². The molecule has 0 saturated carbocycles. The number of hydrogen-bond acceptors (Lipinski definition) is 6. The summed E-state index contributed by atoms with van der Waals surface area (Å²) < 4.78 is 10.4. The minimum Gasteiger partial charge on any atom is -0.467 e. The molecule has 1 heterocycles. The molecule has 1 aromatic heterocycles. The second-order valence-electron chi connectivity index (χ2n) is 15.1. The van der Waals surface area contributed by atoms with Crippen LogP contribution in [-0.2, 0) is 36.9 Å². The maximum atomic E-state index is 14.2. The summed E-state index contributed by atoms with van der Waals surface area (Å²) in [5.74, 6) is 1.18. The fourth-order valence-corrected chi connectivity index (χ4v) is 12.3. The summed E-state index contributed by atoms with van der Waals surface area (Å²) in [6.45, 7) is 20.8. The van der Waals surface area contributed by atoms with Crippen LogP contribution >= 0.6 is 0 Å². The highest BCUT2D eigenvalue weighted by Crippen LogP contribution is 2.41. The van der Waals surface area contributed by atoms with Crippen LogP contribution in [0.3, 0.4) is 0 Å². The first kappa shape index (κ1) is 41.9. The highest BCUT2D eigenvalue weighted by atomic mass is 28.3. The monoisotopic (exact) mass is 730 g/mol. The zero-order chi connectivity index (χ0) is 38.7. The first-order valence-electron chi connectivity index (χ1n) is 18.3. The van der Waals surface area contributed by atoms with Gasteiger partial charge in [0.2, 0.25) is 11.8 Å². The van der Waals surface area contributed by atoms with E-state index < -0.39 is 50.1 Å². The molecule has 0 unspecified atom stereocenters. The van der Waals surface area contributed by atoms with Crippen molar-refractivity contribution in [3.63, 3.8) is 0 Å². The van der Waals surface area contributed by atoms with Crippen molar-refractivity contribution in [1.29, 1.82) is 0 Å². The quantitative estimate of drug-likeness (QED) is 0.0753. The van der Waals surface area contributed by atoms with Crippen LogP contribution in [0.25, 0.3) is 10.9 Å². The standard InChI is InChI=1S/C41H58N4O6Si/c1-25(2)36(45-41(49)51-24-30-17-13-12-14-18-30)39(47)43-35(38(46)44-37(26(3)4)40(48)50-11)23-32-31-19-15-16-20-33(31)42-34(32)21-22-52(27(5)6,28(7)8)29(9)10/h12-20,25-29,35-37,42H,23-24H2,1-11H3,(H,43,47)(H,44,46)(H,45,49)/t35-,36-,37-/m0/s1. The molecular weight excluding hydrogens is 673 g/mol. The number of esters is 1. The number of aromatic nitrogens is 1. The van der Waals surface area contributed by atoms with Gasteiger partial charge < -0.3 is 30.4 Å². The minimum atomic E-state index is -2.13. The van der Waals surface area contributed by atoms with Gasteiger partial charge in [-0.1, -0.05) is 124 Å². The normalized spacial score (nSPS) is 13.5. The molecule has 0 bridgehead atoms. The molecule has 2 aromatic carbocycles. The number of ether oxygens (including phenoxy) is 2. The lowest BCUT2D eigenvalue weighted by molar-refractivity contribution is -0.146. The molecule has 3 rings (SSSR count). The molecule has 0 aliphatic carbocycles. The number of nitrogens with one attached hydrogen (secondary N) is 4. The van der Waals surface area contributed by atoms with Gasteiger partial charge in [0.15, 0.2) is 0 Å². The first-order chi connectivity index (χ1) is 24.5. The Morgan fingerprint density at radius 3 is 1.87 bits per heavy atom. The lowest BCUT2D eigenvalue weighted by Gasteiger charge is -2.38. The summed E-state index contributed by atoms with van der Waals surface area (Å²) in [6, 6.07) is 13.9. The fourth-order valence-electron chi connectivity index (χ4n) is 7.10. The molecule has 0 aliphatic rings. The number of aromatic amines is 1. The van der Waals surface area contributed by atoms with Crippen molar-refractivity contribution in [2.45, 2.75) is 117 Å². The summed E-state index contributed by atoms with van der Waals surface area (Å²) in [5, 5.41) is 9.29. The molecule has 282 valence electrons. The molecule has 0 saturated heterocycles. The van der Waals surface area contributed by atoms with Gasteiger partial charge in [0.25, 0.3) is 0 Å². The molecule has 0 spiro atoms. The van der Waals surface area contributed by atoms with Crippen LogP contribution in [0.1, 0.15) is 86.1 Å². The Bertz CT molecular complexity index is 1720. The summed E-state index contributed by atoms with van der Waals surface area (Å²) in [7, 11) is -0.859. The SMILES string of the molecule is COC(=O)[C@@H](NC(=O)[C@H](Cc1c(C#C[Si](C(C)C)(C(C)C)C(C)C)[nH]c2ccccc12)NC(=O)[C@@H](NC(=O)OCc1ccccc1)C(C)C)C(C)C. The molecule has 0 radical (unpaired) electrons. The largest absolute Gasteiger partial charge is 0.467 e.